The third-order valence-electron chi connectivity index (χ3n) is 5.39. The summed E-state index contributed by atoms with van der Waals surface area (Å²) in [5.41, 5.74) is 1.20. The number of imidazole rings is 1. The topological polar surface area (TPSA) is 51.0 Å². The molecular weight excluding hydrogens is 300 g/mol. The van der Waals surface area contributed by atoms with Gasteiger partial charge in [0.25, 0.3) is 0 Å². The van der Waals surface area contributed by atoms with Crippen LogP contribution in [0.2, 0.25) is 0 Å². The van der Waals surface area contributed by atoms with E-state index in [0.29, 0.717) is 17.9 Å². The van der Waals surface area contributed by atoms with Crippen molar-refractivity contribution in [1.29, 1.82) is 0 Å². The molecule has 2 aromatic rings. The van der Waals surface area contributed by atoms with Crippen molar-refractivity contribution in [2.45, 2.75) is 44.6 Å². The van der Waals surface area contributed by atoms with Gasteiger partial charge in [-0.25, -0.2) is 4.98 Å². The lowest BCUT2D eigenvalue weighted by molar-refractivity contribution is -0.134. The van der Waals surface area contributed by atoms with E-state index < -0.39 is 0 Å². The zero-order chi connectivity index (χ0) is 16.5. The molecule has 24 heavy (non-hydrogen) atoms. The summed E-state index contributed by atoms with van der Waals surface area (Å²) in [7, 11) is 0. The average Bonchev–Trinajstić information content (AvgIpc) is 3.30. The molecule has 0 spiro atoms. The molecule has 5 nitrogen and oxygen atoms in total. The summed E-state index contributed by atoms with van der Waals surface area (Å²) in [6.07, 6.45) is 11.7. The van der Waals surface area contributed by atoms with Crippen molar-refractivity contribution in [2.75, 3.05) is 13.1 Å². The predicted molar refractivity (Wildman–Crippen MR) is 91.5 cm³/mol. The number of rotatable bonds is 4. The largest absolute Gasteiger partial charge is 0.340 e. The molecule has 2 aromatic heterocycles. The molecule has 1 aliphatic heterocycles. The quantitative estimate of drug-likeness (QED) is 0.869. The minimum Gasteiger partial charge on any atom is -0.340 e. The summed E-state index contributed by atoms with van der Waals surface area (Å²) >= 11 is 0. The highest BCUT2D eigenvalue weighted by atomic mass is 16.2. The van der Waals surface area contributed by atoms with E-state index in [2.05, 4.69) is 38.6 Å². The van der Waals surface area contributed by atoms with Crippen molar-refractivity contribution in [1.82, 2.24) is 19.4 Å². The van der Waals surface area contributed by atoms with Gasteiger partial charge in [-0.1, -0.05) is 13.0 Å². The number of hydrogen-bond acceptors (Lipinski definition) is 3. The van der Waals surface area contributed by atoms with Crippen LogP contribution in [0, 0.1) is 5.92 Å². The summed E-state index contributed by atoms with van der Waals surface area (Å²) in [6, 6.07) is 4.41. The van der Waals surface area contributed by atoms with E-state index in [-0.39, 0.29) is 5.92 Å². The van der Waals surface area contributed by atoms with Crippen molar-refractivity contribution in [2.24, 2.45) is 5.92 Å². The molecule has 0 radical (unpaired) electrons. The van der Waals surface area contributed by atoms with Gasteiger partial charge in [-0.05, 0) is 36.8 Å². The van der Waals surface area contributed by atoms with Gasteiger partial charge in [0.1, 0.15) is 5.82 Å². The Hall–Kier alpha value is -2.17. The lowest BCUT2D eigenvalue weighted by atomic mass is 10.0. The summed E-state index contributed by atoms with van der Waals surface area (Å²) in [5.74, 6) is 1.97. The summed E-state index contributed by atoms with van der Waals surface area (Å²) < 4.78 is 2.27. The van der Waals surface area contributed by atoms with E-state index in [1.54, 1.807) is 6.20 Å². The van der Waals surface area contributed by atoms with E-state index in [9.17, 15) is 4.79 Å². The maximum Gasteiger partial charge on any atom is 0.226 e. The molecule has 1 amide bonds. The molecule has 3 atom stereocenters. The number of carbonyl (C=O) groups excluding carboxylic acids is 1. The molecule has 0 bridgehead atoms. The van der Waals surface area contributed by atoms with Crippen molar-refractivity contribution in [3.8, 4) is 0 Å². The lowest BCUT2D eigenvalue weighted by Gasteiger charge is -2.34. The van der Waals surface area contributed by atoms with Gasteiger partial charge < -0.3 is 9.47 Å². The molecule has 3 heterocycles. The summed E-state index contributed by atoms with van der Waals surface area (Å²) in [4.78, 5) is 23.6. The minimum absolute atomic E-state index is 0.154. The highest BCUT2D eigenvalue weighted by Crippen LogP contribution is 2.48. The number of aryl methyl sites for hydroxylation is 1. The van der Waals surface area contributed by atoms with Crippen LogP contribution in [0.25, 0.3) is 0 Å². The first kappa shape index (κ1) is 15.4. The molecule has 1 saturated heterocycles. The van der Waals surface area contributed by atoms with Crippen LogP contribution in [0.3, 0.4) is 0 Å². The average molecular weight is 324 g/mol. The predicted octanol–water partition coefficient (Wildman–Crippen LogP) is 2.81. The van der Waals surface area contributed by atoms with Crippen molar-refractivity contribution < 1.29 is 4.79 Å². The number of likely N-dealkylation sites (tertiary alicyclic amines) is 1. The molecule has 3 unspecified atom stereocenters. The fourth-order valence-corrected chi connectivity index (χ4v) is 4.00. The second-order valence-electron chi connectivity index (χ2n) is 6.92. The number of amides is 1. The van der Waals surface area contributed by atoms with Gasteiger partial charge in [-0.15, -0.1) is 0 Å². The van der Waals surface area contributed by atoms with Crippen LogP contribution in [0.1, 0.15) is 49.5 Å². The van der Waals surface area contributed by atoms with Crippen LogP contribution in [-0.2, 0) is 11.2 Å². The zero-order valence-corrected chi connectivity index (χ0v) is 14.1. The van der Waals surface area contributed by atoms with Crippen LogP contribution in [0.5, 0.6) is 0 Å². The van der Waals surface area contributed by atoms with Crippen LogP contribution in [0.4, 0.5) is 0 Å². The minimum atomic E-state index is 0.154. The maximum atomic E-state index is 12.9. The van der Waals surface area contributed by atoms with Gasteiger partial charge in [0.05, 0.1) is 6.04 Å². The van der Waals surface area contributed by atoms with Gasteiger partial charge in [0, 0.05) is 50.2 Å². The Kier molecular flexibility index (Phi) is 4.08. The fraction of sp³-hybridized carbons (Fsp3) is 0.526. The van der Waals surface area contributed by atoms with Crippen LogP contribution < -0.4 is 0 Å². The highest BCUT2D eigenvalue weighted by molar-refractivity contribution is 5.83. The van der Waals surface area contributed by atoms with Crippen LogP contribution in [-0.4, -0.2) is 38.4 Å². The Morgan fingerprint density at radius 3 is 3.08 bits per heavy atom. The van der Waals surface area contributed by atoms with E-state index in [4.69, 9.17) is 0 Å². The number of pyridine rings is 1. The lowest BCUT2D eigenvalue weighted by Crippen LogP contribution is -2.41. The molecule has 2 aliphatic rings. The highest BCUT2D eigenvalue weighted by Gasteiger charge is 2.46. The number of aromatic nitrogens is 3. The normalized spacial score (nSPS) is 26.4. The first-order valence-electron chi connectivity index (χ1n) is 8.98. The zero-order valence-electron chi connectivity index (χ0n) is 14.1. The third-order valence-corrected chi connectivity index (χ3v) is 5.39. The van der Waals surface area contributed by atoms with Gasteiger partial charge >= 0.3 is 0 Å². The Labute approximate surface area is 142 Å². The van der Waals surface area contributed by atoms with Crippen molar-refractivity contribution in [3.63, 3.8) is 0 Å². The number of nitrogens with zero attached hydrogens (tertiary/aromatic N) is 4. The van der Waals surface area contributed by atoms with E-state index in [1.807, 2.05) is 18.5 Å². The summed E-state index contributed by atoms with van der Waals surface area (Å²) in [6.45, 7) is 3.84. The van der Waals surface area contributed by atoms with Gasteiger partial charge in [-0.2, -0.15) is 0 Å². The number of hydrogen-bond donors (Lipinski definition) is 0. The number of piperidine rings is 1. The number of carbonyl (C=O) groups is 1. The van der Waals surface area contributed by atoms with Gasteiger partial charge in [0.2, 0.25) is 5.91 Å². The van der Waals surface area contributed by atoms with Gasteiger partial charge in [0.15, 0.2) is 0 Å². The van der Waals surface area contributed by atoms with E-state index in [1.165, 1.54) is 5.56 Å². The second kappa shape index (κ2) is 6.38. The third kappa shape index (κ3) is 2.83. The monoisotopic (exact) mass is 324 g/mol. The maximum absolute atomic E-state index is 12.9. The molecule has 126 valence electrons. The molecule has 2 fully saturated rings. The SMILES string of the molecule is CCc1nccn1C1CCCN(C(=O)C2CC2c2cccnc2)C1. The molecular formula is C19H24N4O. The molecule has 1 saturated carbocycles. The Balaban J connectivity index is 1.42. The Morgan fingerprint density at radius 1 is 1.38 bits per heavy atom. The Morgan fingerprint density at radius 2 is 2.29 bits per heavy atom. The van der Waals surface area contributed by atoms with E-state index >= 15 is 0 Å². The molecule has 5 heteroatoms. The van der Waals surface area contributed by atoms with Crippen molar-refractivity contribution in [3.05, 3.63) is 48.3 Å². The first-order chi connectivity index (χ1) is 11.8. The summed E-state index contributed by atoms with van der Waals surface area (Å²) in [5, 5.41) is 0. The molecule has 0 N–H and O–H groups in total. The molecule has 1 aliphatic carbocycles. The fourth-order valence-electron chi connectivity index (χ4n) is 4.00. The van der Waals surface area contributed by atoms with Gasteiger partial charge in [-0.3, -0.25) is 9.78 Å². The smallest absolute Gasteiger partial charge is 0.226 e. The first-order valence-corrected chi connectivity index (χ1v) is 8.98. The second-order valence-corrected chi connectivity index (χ2v) is 6.92. The Bertz CT molecular complexity index is 711. The standard InChI is InChI=1S/C19H24N4O/c1-2-18-21-8-10-23(18)15-6-4-9-22(13-15)19(24)17-11-16(17)14-5-3-7-20-12-14/h3,5,7-8,10,12,15-17H,2,4,6,9,11,13H2,1H3. The van der Waals surface area contributed by atoms with E-state index in [0.717, 1.165) is 44.6 Å². The van der Waals surface area contributed by atoms with Crippen LogP contribution in [0.15, 0.2) is 36.9 Å². The van der Waals surface area contributed by atoms with Crippen LogP contribution >= 0.6 is 0 Å². The molecule has 4 rings (SSSR count). The van der Waals surface area contributed by atoms with Crippen molar-refractivity contribution >= 4 is 5.91 Å². The molecule has 0 aromatic carbocycles.